The number of allylic oxidation sites excluding steroid dienone is 3. The molecule has 1 nitrogen and oxygen atoms in total. The Kier molecular flexibility index (Phi) is 3.78. The van der Waals surface area contributed by atoms with Gasteiger partial charge in [0.15, 0.2) is 0 Å². The number of benzene rings is 2. The average molecular weight is 302 g/mol. The molecule has 116 valence electrons. The van der Waals surface area contributed by atoms with Crippen molar-refractivity contribution in [3.05, 3.63) is 83.1 Å². The predicted octanol–water partition coefficient (Wildman–Crippen LogP) is 5.83. The van der Waals surface area contributed by atoms with E-state index in [1.165, 1.54) is 41.5 Å². The summed E-state index contributed by atoms with van der Waals surface area (Å²) in [6, 6.07) is 19.2. The van der Waals surface area contributed by atoms with Gasteiger partial charge in [0.2, 0.25) is 0 Å². The maximum absolute atomic E-state index is 6.33. The summed E-state index contributed by atoms with van der Waals surface area (Å²) in [5, 5.41) is 0. The highest BCUT2D eigenvalue weighted by atomic mass is 16.5. The first-order chi connectivity index (χ1) is 11.4. The Morgan fingerprint density at radius 1 is 1.00 bits per heavy atom. The van der Waals surface area contributed by atoms with Crippen LogP contribution in [0.3, 0.4) is 0 Å². The fourth-order valence-corrected chi connectivity index (χ4v) is 3.70. The van der Waals surface area contributed by atoms with Crippen molar-refractivity contribution in [3.8, 4) is 0 Å². The van der Waals surface area contributed by atoms with Crippen LogP contribution < -0.4 is 0 Å². The van der Waals surface area contributed by atoms with E-state index >= 15 is 0 Å². The van der Waals surface area contributed by atoms with E-state index in [9.17, 15) is 0 Å². The van der Waals surface area contributed by atoms with E-state index in [0.29, 0.717) is 5.92 Å². The Morgan fingerprint density at radius 2 is 1.78 bits per heavy atom. The second kappa shape index (κ2) is 6.08. The fraction of sp³-hybridized carbons (Fsp3) is 0.273. The first-order valence-electron chi connectivity index (χ1n) is 8.63. The lowest BCUT2D eigenvalue weighted by Gasteiger charge is -2.25. The number of fused-ring (bicyclic) bond motifs is 2. The zero-order valence-corrected chi connectivity index (χ0v) is 13.6. The minimum atomic E-state index is 0.470. The maximum Gasteiger partial charge on any atom is 0.130 e. The summed E-state index contributed by atoms with van der Waals surface area (Å²) in [7, 11) is 0. The highest BCUT2D eigenvalue weighted by Gasteiger charge is 2.32. The molecule has 1 aliphatic carbocycles. The van der Waals surface area contributed by atoms with E-state index in [-0.39, 0.29) is 0 Å². The maximum atomic E-state index is 6.33. The van der Waals surface area contributed by atoms with E-state index in [2.05, 4.69) is 67.6 Å². The lowest BCUT2D eigenvalue weighted by molar-refractivity contribution is 0.362. The van der Waals surface area contributed by atoms with Gasteiger partial charge in [-0.05, 0) is 23.6 Å². The quantitative estimate of drug-likeness (QED) is 0.690. The Balaban J connectivity index is 1.72. The average Bonchev–Trinajstić information content (AvgIpc) is 2.99. The molecule has 0 aromatic heterocycles. The van der Waals surface area contributed by atoms with Crippen LogP contribution in [0, 0.1) is 5.92 Å². The van der Waals surface area contributed by atoms with Gasteiger partial charge in [0.05, 0.1) is 0 Å². The molecule has 0 spiro atoms. The van der Waals surface area contributed by atoms with Crippen molar-refractivity contribution in [3.63, 3.8) is 0 Å². The molecule has 0 fully saturated rings. The molecule has 1 heterocycles. The summed E-state index contributed by atoms with van der Waals surface area (Å²) < 4.78 is 6.33. The molecule has 2 aromatic carbocycles. The van der Waals surface area contributed by atoms with Crippen LogP contribution in [-0.2, 0) is 11.2 Å². The molecule has 0 radical (unpaired) electrons. The predicted molar refractivity (Wildman–Crippen MR) is 95.6 cm³/mol. The summed E-state index contributed by atoms with van der Waals surface area (Å²) in [5.74, 6) is 2.66. The van der Waals surface area contributed by atoms with E-state index in [1.54, 1.807) is 0 Å². The van der Waals surface area contributed by atoms with Gasteiger partial charge in [0, 0.05) is 23.5 Å². The van der Waals surface area contributed by atoms with Crippen LogP contribution in [-0.4, -0.2) is 0 Å². The lowest BCUT2D eigenvalue weighted by Crippen LogP contribution is -2.09. The van der Waals surface area contributed by atoms with Gasteiger partial charge in [-0.25, -0.2) is 0 Å². The van der Waals surface area contributed by atoms with Crippen LogP contribution in [0.2, 0.25) is 0 Å². The van der Waals surface area contributed by atoms with Crippen LogP contribution in [0.4, 0.5) is 0 Å². The summed E-state index contributed by atoms with van der Waals surface area (Å²) in [6.07, 6.45) is 6.95. The molecule has 0 N–H and O–H groups in total. The van der Waals surface area contributed by atoms with E-state index in [0.717, 1.165) is 17.9 Å². The second-order valence-electron chi connectivity index (χ2n) is 6.42. The molecular weight excluding hydrogens is 280 g/mol. The zero-order chi connectivity index (χ0) is 15.6. The van der Waals surface area contributed by atoms with Crippen molar-refractivity contribution in [1.29, 1.82) is 0 Å². The lowest BCUT2D eigenvalue weighted by atomic mass is 9.87. The van der Waals surface area contributed by atoms with Gasteiger partial charge in [0.25, 0.3) is 0 Å². The van der Waals surface area contributed by atoms with Gasteiger partial charge < -0.3 is 4.74 Å². The number of rotatable bonds is 4. The van der Waals surface area contributed by atoms with Crippen LogP contribution in [0.15, 0.2) is 66.4 Å². The second-order valence-corrected chi connectivity index (χ2v) is 6.42. The molecule has 2 aliphatic rings. The molecule has 23 heavy (non-hydrogen) atoms. The van der Waals surface area contributed by atoms with Crippen molar-refractivity contribution in [2.45, 2.75) is 32.6 Å². The minimum absolute atomic E-state index is 0.470. The molecule has 1 atom stereocenters. The van der Waals surface area contributed by atoms with E-state index in [4.69, 9.17) is 4.74 Å². The fourth-order valence-electron chi connectivity index (χ4n) is 3.70. The number of hydrogen-bond donors (Lipinski definition) is 0. The third-order valence-electron chi connectivity index (χ3n) is 4.84. The number of unbranched alkanes of at least 4 members (excludes halogenated alkanes) is 1. The Bertz CT molecular complexity index is 768. The van der Waals surface area contributed by atoms with Crippen molar-refractivity contribution in [1.82, 2.24) is 0 Å². The smallest absolute Gasteiger partial charge is 0.130 e. The van der Waals surface area contributed by atoms with Gasteiger partial charge >= 0.3 is 0 Å². The molecular formula is C22H22O. The third kappa shape index (κ3) is 2.61. The SMILES string of the molecule is CCCCC1C=C(c2ccccc2)OC2=C1c1ccccc1C2. The molecule has 1 heteroatoms. The number of ether oxygens (including phenoxy) is 1. The van der Waals surface area contributed by atoms with Crippen LogP contribution in [0.5, 0.6) is 0 Å². The zero-order valence-electron chi connectivity index (χ0n) is 13.6. The highest BCUT2D eigenvalue weighted by molar-refractivity contribution is 5.82. The molecule has 0 saturated carbocycles. The summed E-state index contributed by atoms with van der Waals surface area (Å²) in [4.78, 5) is 0. The Labute approximate surface area is 138 Å². The van der Waals surface area contributed by atoms with Crippen LogP contribution in [0.1, 0.15) is 42.9 Å². The summed E-state index contributed by atoms with van der Waals surface area (Å²) in [5.41, 5.74) is 5.40. The Morgan fingerprint density at radius 3 is 2.61 bits per heavy atom. The van der Waals surface area contributed by atoms with E-state index in [1.807, 2.05) is 0 Å². The van der Waals surface area contributed by atoms with Crippen LogP contribution >= 0.6 is 0 Å². The number of hydrogen-bond acceptors (Lipinski definition) is 1. The van der Waals surface area contributed by atoms with Crippen molar-refractivity contribution in [2.24, 2.45) is 5.92 Å². The van der Waals surface area contributed by atoms with Gasteiger partial charge in [0.1, 0.15) is 11.5 Å². The molecule has 0 amide bonds. The third-order valence-corrected chi connectivity index (χ3v) is 4.84. The van der Waals surface area contributed by atoms with Crippen molar-refractivity contribution >= 4 is 11.3 Å². The molecule has 2 aromatic rings. The van der Waals surface area contributed by atoms with Crippen molar-refractivity contribution < 1.29 is 4.74 Å². The van der Waals surface area contributed by atoms with Crippen molar-refractivity contribution in [2.75, 3.05) is 0 Å². The van der Waals surface area contributed by atoms with Gasteiger partial charge in [-0.15, -0.1) is 0 Å². The standard InChI is InChI=1S/C22H22O/c1-2-3-9-18-15-20(16-10-5-4-6-11-16)23-21-14-17-12-7-8-13-19(17)22(18)21/h4-8,10-13,15,18H,2-3,9,14H2,1H3. The van der Waals surface area contributed by atoms with Gasteiger partial charge in [-0.3, -0.25) is 0 Å². The largest absolute Gasteiger partial charge is 0.461 e. The molecule has 0 saturated heterocycles. The molecule has 0 bridgehead atoms. The first-order valence-corrected chi connectivity index (χ1v) is 8.63. The monoisotopic (exact) mass is 302 g/mol. The van der Waals surface area contributed by atoms with Crippen LogP contribution in [0.25, 0.3) is 11.3 Å². The molecule has 4 rings (SSSR count). The normalized spacial score (nSPS) is 19.0. The summed E-state index contributed by atoms with van der Waals surface area (Å²) >= 11 is 0. The van der Waals surface area contributed by atoms with Gasteiger partial charge in [-0.2, -0.15) is 0 Å². The van der Waals surface area contributed by atoms with Gasteiger partial charge in [-0.1, -0.05) is 74.4 Å². The first kappa shape index (κ1) is 14.3. The van der Waals surface area contributed by atoms with E-state index < -0.39 is 0 Å². The highest BCUT2D eigenvalue weighted by Crippen LogP contribution is 2.46. The Hall–Kier alpha value is -2.28. The molecule has 1 unspecified atom stereocenters. The molecule has 1 aliphatic heterocycles. The summed E-state index contributed by atoms with van der Waals surface area (Å²) in [6.45, 7) is 2.26. The topological polar surface area (TPSA) is 9.23 Å². The minimum Gasteiger partial charge on any atom is -0.461 e.